The number of aromatic hydroxyl groups is 1. The van der Waals surface area contributed by atoms with Gasteiger partial charge in [0.1, 0.15) is 22.8 Å². The number of ketones is 2. The third-order valence-corrected chi connectivity index (χ3v) is 9.43. The van der Waals surface area contributed by atoms with E-state index in [1.54, 1.807) is 20.3 Å². The number of rotatable bonds is 3. The molecule has 0 radical (unpaired) electrons. The van der Waals surface area contributed by atoms with Crippen molar-refractivity contribution in [3.05, 3.63) is 81.9 Å². The monoisotopic (exact) mass is 597 g/mol. The van der Waals surface area contributed by atoms with Crippen LogP contribution in [0.25, 0.3) is 22.0 Å². The molecule has 2 aromatic carbocycles. The summed E-state index contributed by atoms with van der Waals surface area (Å²) < 4.78 is 0. The van der Waals surface area contributed by atoms with Gasteiger partial charge >= 0.3 is 0 Å². The van der Waals surface area contributed by atoms with E-state index in [1.807, 2.05) is 57.2 Å². The first kappa shape index (κ1) is 29.5. The van der Waals surface area contributed by atoms with Gasteiger partial charge in [0, 0.05) is 34.2 Å². The number of pyridine rings is 1. The van der Waals surface area contributed by atoms with Gasteiger partial charge in [-0.1, -0.05) is 39.0 Å². The lowest BCUT2D eigenvalue weighted by Crippen LogP contribution is -2.63. The molecule has 228 valence electrons. The molecule has 3 aliphatic rings. The third kappa shape index (κ3) is 4.01. The van der Waals surface area contributed by atoms with Crippen LogP contribution in [0, 0.1) is 11.8 Å². The summed E-state index contributed by atoms with van der Waals surface area (Å²) in [5, 5.41) is 47.1. The van der Waals surface area contributed by atoms with Gasteiger partial charge in [-0.25, -0.2) is 0 Å². The molecule has 4 atom stereocenters. The van der Waals surface area contributed by atoms with Crippen molar-refractivity contribution in [2.24, 2.45) is 17.6 Å². The van der Waals surface area contributed by atoms with E-state index in [4.69, 9.17) is 5.73 Å². The molecule has 3 aliphatic carbocycles. The highest BCUT2D eigenvalue weighted by Gasteiger charge is 2.63. The Balaban J connectivity index is 1.61. The Bertz CT molecular complexity index is 1870. The normalized spacial score (nSPS) is 25.3. The summed E-state index contributed by atoms with van der Waals surface area (Å²) >= 11 is 0. The predicted molar refractivity (Wildman–Crippen MR) is 163 cm³/mol. The number of aliphatic hydroxyl groups is 3. The summed E-state index contributed by atoms with van der Waals surface area (Å²) in [6, 6.07) is 10.4. The van der Waals surface area contributed by atoms with Gasteiger partial charge in [-0.3, -0.25) is 24.3 Å². The zero-order chi connectivity index (χ0) is 32.0. The maximum absolute atomic E-state index is 14.4. The van der Waals surface area contributed by atoms with Crippen LogP contribution in [0.4, 0.5) is 0 Å². The van der Waals surface area contributed by atoms with Crippen molar-refractivity contribution in [2.75, 3.05) is 14.1 Å². The maximum atomic E-state index is 14.4. The van der Waals surface area contributed by atoms with Crippen molar-refractivity contribution in [3.8, 4) is 16.9 Å². The van der Waals surface area contributed by atoms with Gasteiger partial charge in [0.15, 0.2) is 11.4 Å². The topological polar surface area (TPSA) is 174 Å². The predicted octanol–water partition coefficient (Wildman–Crippen LogP) is 3.63. The molecular weight excluding hydrogens is 562 g/mol. The number of fused-ring (bicyclic) bond motifs is 4. The standard InChI is InChI=1S/C34H35N3O7/c1-33(2,3)21-13-18(17-10-15-8-6-7-9-22(15)36-14-17)19-11-16-12-20-26(37(4)5)29(40)25(32(35)43)31(42)34(20,44)30(41)23(16)28(39)24(19)27(21)38/h6-10,13-14,16,20,26,38,40-41,44H,11-12H2,1-5H3,(H2,35,43)/t16-,20-,26-,34+/m1/s1. The van der Waals surface area contributed by atoms with Gasteiger partial charge in [0.25, 0.3) is 5.91 Å². The number of carbonyl (C=O) groups excluding carboxylic acids is 3. The number of aliphatic hydroxyl groups excluding tert-OH is 2. The number of Topliss-reactive ketones (excluding diaryl/α,β-unsaturated/α-hetero) is 2. The molecule has 0 bridgehead atoms. The number of hydrogen-bond acceptors (Lipinski definition) is 9. The quantitative estimate of drug-likeness (QED) is 0.282. The molecule has 0 saturated carbocycles. The molecule has 10 nitrogen and oxygen atoms in total. The second-order valence-corrected chi connectivity index (χ2v) is 13.3. The number of phenolic OH excluding ortho intramolecular Hbond substituents is 1. The molecule has 6 rings (SSSR count). The lowest BCUT2D eigenvalue weighted by molar-refractivity contribution is -0.148. The van der Waals surface area contributed by atoms with E-state index in [2.05, 4.69) is 4.98 Å². The Hall–Kier alpha value is -4.54. The first-order valence-electron chi connectivity index (χ1n) is 14.5. The first-order chi connectivity index (χ1) is 20.6. The molecule has 0 spiro atoms. The van der Waals surface area contributed by atoms with Gasteiger partial charge < -0.3 is 26.2 Å². The number of carbonyl (C=O) groups is 3. The minimum Gasteiger partial charge on any atom is -0.510 e. The maximum Gasteiger partial charge on any atom is 0.255 e. The van der Waals surface area contributed by atoms with Crippen molar-refractivity contribution in [1.29, 1.82) is 0 Å². The fourth-order valence-corrected chi connectivity index (χ4v) is 7.37. The average Bonchev–Trinajstić information content (AvgIpc) is 2.94. The number of para-hydroxylation sites is 1. The van der Waals surface area contributed by atoms with Crippen molar-refractivity contribution in [3.63, 3.8) is 0 Å². The molecule has 3 aromatic rings. The molecule has 1 amide bonds. The van der Waals surface area contributed by atoms with Crippen LogP contribution in [-0.4, -0.2) is 73.5 Å². The molecular formula is C34H35N3O7. The molecule has 0 aliphatic heterocycles. The number of primary amides is 1. The van der Waals surface area contributed by atoms with Gasteiger partial charge in [-0.15, -0.1) is 0 Å². The second-order valence-electron chi connectivity index (χ2n) is 13.3. The molecule has 1 aromatic heterocycles. The summed E-state index contributed by atoms with van der Waals surface area (Å²) in [6.45, 7) is 5.72. The number of hydrogen-bond donors (Lipinski definition) is 5. The van der Waals surface area contributed by atoms with Crippen LogP contribution in [-0.2, 0) is 21.4 Å². The van der Waals surface area contributed by atoms with E-state index in [0.29, 0.717) is 16.7 Å². The highest BCUT2D eigenvalue weighted by molar-refractivity contribution is 6.25. The molecule has 0 fully saturated rings. The SMILES string of the molecule is CN(C)[C@H]1C(O)=C(C(N)=O)C(=O)[C@@]2(O)C(O)=C3C(=O)c4c(O)c(C(C)(C)C)cc(-c5cnc6ccccc6c5)c4C[C@@H]3C[C@H]12. The number of benzene rings is 2. The molecule has 0 unspecified atom stereocenters. The minimum atomic E-state index is -2.69. The zero-order valence-electron chi connectivity index (χ0n) is 25.2. The largest absolute Gasteiger partial charge is 0.510 e. The summed E-state index contributed by atoms with van der Waals surface area (Å²) in [5.41, 5.74) is 4.45. The molecule has 1 heterocycles. The number of phenols is 1. The number of likely N-dealkylation sites (N-methyl/N-ethyl adjacent to an activating group) is 1. The van der Waals surface area contributed by atoms with Crippen LogP contribution in [0.2, 0.25) is 0 Å². The summed E-state index contributed by atoms with van der Waals surface area (Å²) in [7, 11) is 3.20. The zero-order valence-corrected chi connectivity index (χ0v) is 25.2. The number of allylic oxidation sites excluding steroid dienone is 1. The Morgan fingerprint density at radius 1 is 1.09 bits per heavy atom. The van der Waals surface area contributed by atoms with Crippen LogP contribution in [0.1, 0.15) is 48.7 Å². The number of nitrogens with two attached hydrogens (primary N) is 1. The van der Waals surface area contributed by atoms with E-state index in [9.17, 15) is 34.8 Å². The smallest absolute Gasteiger partial charge is 0.255 e. The number of amides is 1. The van der Waals surface area contributed by atoms with E-state index < -0.39 is 63.5 Å². The minimum absolute atomic E-state index is 0.0126. The van der Waals surface area contributed by atoms with Crippen LogP contribution >= 0.6 is 0 Å². The molecule has 10 heteroatoms. The second kappa shape index (κ2) is 9.73. The fourth-order valence-electron chi connectivity index (χ4n) is 7.37. The Kier molecular flexibility index (Phi) is 6.53. The fraction of sp³-hybridized carbons (Fsp3) is 0.353. The summed E-state index contributed by atoms with van der Waals surface area (Å²) in [6.07, 6.45) is 1.93. The van der Waals surface area contributed by atoms with Crippen LogP contribution in [0.5, 0.6) is 5.75 Å². The van der Waals surface area contributed by atoms with Crippen LogP contribution in [0.15, 0.2) is 65.3 Å². The highest BCUT2D eigenvalue weighted by atomic mass is 16.3. The lowest BCUT2D eigenvalue weighted by atomic mass is 9.58. The van der Waals surface area contributed by atoms with E-state index >= 15 is 0 Å². The van der Waals surface area contributed by atoms with Gasteiger partial charge in [0.05, 0.1) is 17.1 Å². The van der Waals surface area contributed by atoms with Gasteiger partial charge in [-0.05, 0) is 67.6 Å². The van der Waals surface area contributed by atoms with Gasteiger partial charge in [-0.2, -0.15) is 0 Å². The lowest BCUT2D eigenvalue weighted by Gasteiger charge is -2.50. The van der Waals surface area contributed by atoms with Crippen LogP contribution in [0.3, 0.4) is 0 Å². The average molecular weight is 598 g/mol. The molecule has 44 heavy (non-hydrogen) atoms. The van der Waals surface area contributed by atoms with E-state index in [0.717, 1.165) is 16.5 Å². The Morgan fingerprint density at radius 3 is 2.41 bits per heavy atom. The highest BCUT2D eigenvalue weighted by Crippen LogP contribution is 2.54. The van der Waals surface area contributed by atoms with E-state index in [-0.39, 0.29) is 29.7 Å². The Labute approximate surface area is 254 Å². The van der Waals surface area contributed by atoms with Gasteiger partial charge in [0.2, 0.25) is 5.78 Å². The molecule has 0 saturated heterocycles. The van der Waals surface area contributed by atoms with Crippen molar-refractivity contribution in [2.45, 2.75) is 50.7 Å². The van der Waals surface area contributed by atoms with E-state index in [1.165, 1.54) is 4.90 Å². The summed E-state index contributed by atoms with van der Waals surface area (Å²) in [4.78, 5) is 46.4. The number of nitrogens with zero attached hydrogens (tertiary/aromatic N) is 2. The molecule has 6 N–H and O–H groups in total. The summed E-state index contributed by atoms with van der Waals surface area (Å²) in [5.74, 6) is -6.72. The van der Waals surface area contributed by atoms with Crippen LogP contribution < -0.4 is 5.73 Å². The van der Waals surface area contributed by atoms with Crippen molar-refractivity contribution >= 4 is 28.4 Å². The first-order valence-corrected chi connectivity index (χ1v) is 14.5. The van der Waals surface area contributed by atoms with Crippen molar-refractivity contribution in [1.82, 2.24) is 9.88 Å². The Morgan fingerprint density at radius 2 is 1.77 bits per heavy atom. The third-order valence-electron chi connectivity index (χ3n) is 9.43. The number of aromatic nitrogens is 1. The van der Waals surface area contributed by atoms with Crippen molar-refractivity contribution < 1.29 is 34.8 Å².